The summed E-state index contributed by atoms with van der Waals surface area (Å²) in [5.74, 6) is 3.38. The van der Waals surface area contributed by atoms with E-state index >= 15 is 0 Å². The van der Waals surface area contributed by atoms with Gasteiger partial charge >= 0.3 is 0 Å². The standard InChI is InChI=1S/C16H32B5N/c1-11(2)7(17)15(11)9(19)13(15,5)22(21)14(6)10(20)16(14)8(18)12(16,3)4/h7-10H,17-21H2,1-6H3. The topological polar surface area (TPSA) is 3.24 Å². The van der Waals surface area contributed by atoms with Crippen LogP contribution in [0.1, 0.15) is 41.5 Å². The molecule has 1 nitrogen and oxygen atoms in total. The zero-order valence-corrected chi connectivity index (χ0v) is 16.8. The molecule has 8 unspecified atom stereocenters. The summed E-state index contributed by atoms with van der Waals surface area (Å²) in [4.78, 5) is 2.87. The van der Waals surface area contributed by atoms with Crippen LogP contribution in [-0.2, 0) is 0 Å². The molecular weight excluding hydrogens is 260 g/mol. The van der Waals surface area contributed by atoms with Crippen molar-refractivity contribution in [2.45, 2.75) is 75.9 Å². The van der Waals surface area contributed by atoms with E-state index in [9.17, 15) is 0 Å². The normalized spacial score (nSPS) is 65.8. The minimum Gasteiger partial charge on any atom is -0.339 e. The Morgan fingerprint density at radius 2 is 0.818 bits per heavy atom. The van der Waals surface area contributed by atoms with Crippen molar-refractivity contribution in [3.05, 3.63) is 0 Å². The van der Waals surface area contributed by atoms with Crippen molar-refractivity contribution in [2.75, 3.05) is 0 Å². The minimum absolute atomic E-state index is 0.390. The molecule has 0 bridgehead atoms. The first-order valence-corrected chi connectivity index (χ1v) is 9.51. The molecule has 0 aliphatic heterocycles. The molecule has 4 aliphatic rings. The number of hydrogen-bond donors (Lipinski definition) is 0. The maximum Gasteiger partial charge on any atom is 0.186 e. The van der Waals surface area contributed by atoms with E-state index < -0.39 is 0 Å². The second-order valence-corrected chi connectivity index (χ2v) is 10.9. The fourth-order valence-electron chi connectivity index (χ4n) is 9.50. The molecule has 22 heavy (non-hydrogen) atoms. The van der Waals surface area contributed by atoms with Crippen molar-refractivity contribution >= 4 is 39.4 Å². The molecule has 4 saturated carbocycles. The fraction of sp³-hybridized carbons (Fsp3) is 1.00. The quantitative estimate of drug-likeness (QED) is 0.598. The van der Waals surface area contributed by atoms with Gasteiger partial charge in [-0.15, -0.1) is 0 Å². The Bertz CT molecular complexity index is 543. The zero-order valence-electron chi connectivity index (χ0n) is 16.8. The third-order valence-electron chi connectivity index (χ3n) is 11.5. The third-order valence-corrected chi connectivity index (χ3v) is 11.5. The third kappa shape index (κ3) is 0.968. The predicted molar refractivity (Wildman–Crippen MR) is 109 cm³/mol. The Hall–Kier alpha value is 0.285. The van der Waals surface area contributed by atoms with Crippen LogP contribution in [0.3, 0.4) is 0 Å². The largest absolute Gasteiger partial charge is 0.339 e. The van der Waals surface area contributed by atoms with E-state index in [0.717, 1.165) is 23.3 Å². The van der Waals surface area contributed by atoms with E-state index in [2.05, 4.69) is 85.7 Å². The maximum absolute atomic E-state index is 2.87. The van der Waals surface area contributed by atoms with E-state index in [1.807, 2.05) is 0 Å². The minimum atomic E-state index is 0.390. The molecule has 8 atom stereocenters. The van der Waals surface area contributed by atoms with Crippen molar-refractivity contribution < 1.29 is 0 Å². The van der Waals surface area contributed by atoms with Crippen LogP contribution in [0.2, 0.25) is 23.3 Å². The van der Waals surface area contributed by atoms with Gasteiger partial charge in [0.1, 0.15) is 31.4 Å². The van der Waals surface area contributed by atoms with E-state index in [1.165, 1.54) is 0 Å². The first-order chi connectivity index (χ1) is 9.77. The number of rotatable bonds is 2. The molecule has 0 radical (unpaired) electrons. The molecule has 2 spiro atoms. The summed E-state index contributed by atoms with van der Waals surface area (Å²) in [6.07, 6.45) is 0. The molecule has 0 aromatic heterocycles. The Kier molecular flexibility index (Phi) is 2.39. The molecule has 0 heterocycles. The van der Waals surface area contributed by atoms with Gasteiger partial charge in [0, 0.05) is 11.1 Å². The highest BCUT2D eigenvalue weighted by Crippen LogP contribution is 3.00. The van der Waals surface area contributed by atoms with Crippen LogP contribution in [0.25, 0.3) is 0 Å². The summed E-state index contributed by atoms with van der Waals surface area (Å²) < 4.78 is 0. The lowest BCUT2D eigenvalue weighted by Gasteiger charge is -2.37. The summed E-state index contributed by atoms with van der Waals surface area (Å²) in [6.45, 7) is 15.2. The molecule has 0 aromatic rings. The lowest BCUT2D eigenvalue weighted by Crippen LogP contribution is -2.47. The van der Waals surface area contributed by atoms with Gasteiger partial charge in [-0.2, -0.15) is 0 Å². The summed E-state index contributed by atoms with van der Waals surface area (Å²) in [6, 6.07) is 0. The van der Waals surface area contributed by atoms with Crippen LogP contribution in [0.5, 0.6) is 0 Å². The highest BCUT2D eigenvalue weighted by Gasteiger charge is 2.96. The average Bonchev–Trinajstić information content (AvgIpc) is 3.31. The molecule has 0 saturated heterocycles. The molecular formula is C16H32B5N. The van der Waals surface area contributed by atoms with Gasteiger partial charge < -0.3 is 4.81 Å². The molecule has 116 valence electrons. The average molecular weight is 292 g/mol. The lowest BCUT2D eigenvalue weighted by atomic mass is 9.90. The van der Waals surface area contributed by atoms with Crippen molar-refractivity contribution in [1.82, 2.24) is 4.81 Å². The zero-order chi connectivity index (χ0) is 16.9. The van der Waals surface area contributed by atoms with Gasteiger partial charge in [0.25, 0.3) is 0 Å². The Labute approximate surface area is 142 Å². The van der Waals surface area contributed by atoms with E-state index in [-0.39, 0.29) is 0 Å². The maximum atomic E-state index is 2.87. The monoisotopic (exact) mass is 293 g/mol. The molecule has 4 aliphatic carbocycles. The second-order valence-electron chi connectivity index (χ2n) is 10.9. The van der Waals surface area contributed by atoms with Crippen molar-refractivity contribution in [2.24, 2.45) is 21.7 Å². The van der Waals surface area contributed by atoms with Crippen molar-refractivity contribution in [3.63, 3.8) is 0 Å². The molecule has 6 heteroatoms. The van der Waals surface area contributed by atoms with Crippen LogP contribution in [0, 0.1) is 21.7 Å². The summed E-state index contributed by atoms with van der Waals surface area (Å²) >= 11 is 0. The SMILES string of the molecule is BC1C(C)(C)C12C(B)C2(C)N(B)C1(C)C(B)C12C(B)C2(C)C. The van der Waals surface area contributed by atoms with Gasteiger partial charge in [-0.3, -0.25) is 0 Å². The van der Waals surface area contributed by atoms with Gasteiger partial charge in [-0.1, -0.05) is 39.3 Å². The molecule has 0 N–H and O–H groups in total. The first kappa shape index (κ1) is 15.8. The first-order valence-electron chi connectivity index (χ1n) is 9.51. The highest BCUT2D eigenvalue weighted by atomic mass is 15.3. The van der Waals surface area contributed by atoms with Crippen LogP contribution in [0.4, 0.5) is 0 Å². The van der Waals surface area contributed by atoms with Crippen LogP contribution >= 0.6 is 0 Å². The molecule has 0 aromatic carbocycles. The highest BCUT2D eigenvalue weighted by molar-refractivity contribution is 6.27. The van der Waals surface area contributed by atoms with Gasteiger partial charge in [-0.25, -0.2) is 0 Å². The number of hydrogen-bond acceptors (Lipinski definition) is 1. The van der Waals surface area contributed by atoms with E-state index in [1.54, 1.807) is 0 Å². The van der Waals surface area contributed by atoms with E-state index in [0.29, 0.717) is 32.7 Å². The molecule has 4 fully saturated rings. The Morgan fingerprint density at radius 3 is 0.955 bits per heavy atom. The van der Waals surface area contributed by atoms with E-state index in [4.69, 9.17) is 0 Å². The molecule has 0 amide bonds. The summed E-state index contributed by atoms with van der Waals surface area (Å²) in [5.41, 5.74) is 2.93. The smallest absolute Gasteiger partial charge is 0.186 e. The van der Waals surface area contributed by atoms with Gasteiger partial charge in [-0.05, 0) is 47.1 Å². The van der Waals surface area contributed by atoms with Gasteiger partial charge in [0.05, 0.1) is 0 Å². The fourth-order valence-corrected chi connectivity index (χ4v) is 9.50. The number of nitrogens with zero attached hydrogens (tertiary/aromatic N) is 1. The lowest BCUT2D eigenvalue weighted by molar-refractivity contribution is 0.193. The predicted octanol–water partition coefficient (Wildman–Crippen LogP) is -0.880. The van der Waals surface area contributed by atoms with Crippen LogP contribution < -0.4 is 0 Å². The molecule has 4 rings (SSSR count). The van der Waals surface area contributed by atoms with Gasteiger partial charge in [0.15, 0.2) is 7.98 Å². The van der Waals surface area contributed by atoms with Crippen molar-refractivity contribution in [1.29, 1.82) is 0 Å². The van der Waals surface area contributed by atoms with Gasteiger partial charge in [0.2, 0.25) is 0 Å². The summed E-state index contributed by atoms with van der Waals surface area (Å²) in [5, 5.41) is 0. The Morgan fingerprint density at radius 1 is 0.591 bits per heavy atom. The van der Waals surface area contributed by atoms with Crippen LogP contribution in [0.15, 0.2) is 0 Å². The van der Waals surface area contributed by atoms with Crippen molar-refractivity contribution in [3.8, 4) is 0 Å². The Balaban J connectivity index is 1.70. The summed E-state index contributed by atoms with van der Waals surface area (Å²) in [7, 11) is 12.5. The second kappa shape index (κ2) is 3.33. The van der Waals surface area contributed by atoms with Crippen LogP contribution in [-0.4, -0.2) is 55.3 Å².